The summed E-state index contributed by atoms with van der Waals surface area (Å²) in [4.78, 5) is 18.5. The molecule has 0 atom stereocenters. The molecule has 0 radical (unpaired) electrons. The zero-order valence-electron chi connectivity index (χ0n) is 18.2. The second kappa shape index (κ2) is 10.4. The molecule has 1 saturated heterocycles. The molecule has 2 amide bonds. The molecule has 3 N–H and O–H groups in total. The van der Waals surface area contributed by atoms with Gasteiger partial charge in [0.05, 0.1) is 4.90 Å². The van der Waals surface area contributed by atoms with Gasteiger partial charge in [0.25, 0.3) is 10.0 Å². The molecule has 4 rings (SSSR count). The molecular weight excluding hydrogens is 438 g/mol. The normalized spacial score (nSPS) is 13.9. The Morgan fingerprint density at radius 3 is 2.27 bits per heavy atom. The summed E-state index contributed by atoms with van der Waals surface area (Å²) in [6.07, 6.45) is 6.97. The van der Waals surface area contributed by atoms with Crippen LogP contribution in [-0.4, -0.2) is 32.5 Å². The topological polar surface area (TPSA) is 103 Å². The summed E-state index contributed by atoms with van der Waals surface area (Å²) in [5, 5.41) is 5.42. The van der Waals surface area contributed by atoms with Gasteiger partial charge in [-0.25, -0.2) is 13.2 Å². The van der Waals surface area contributed by atoms with Crippen molar-refractivity contribution >= 4 is 33.1 Å². The van der Waals surface area contributed by atoms with Crippen molar-refractivity contribution in [1.29, 1.82) is 0 Å². The minimum Gasteiger partial charge on any atom is -0.372 e. The maximum Gasteiger partial charge on any atom is 0.319 e. The van der Waals surface area contributed by atoms with Crippen LogP contribution in [0, 0.1) is 0 Å². The number of anilines is 3. The Labute approximate surface area is 194 Å². The summed E-state index contributed by atoms with van der Waals surface area (Å²) in [7, 11) is -3.74. The molecule has 172 valence electrons. The highest BCUT2D eigenvalue weighted by Gasteiger charge is 2.15. The highest BCUT2D eigenvalue weighted by molar-refractivity contribution is 7.92. The van der Waals surface area contributed by atoms with Crippen molar-refractivity contribution in [2.24, 2.45) is 0 Å². The monoisotopic (exact) mass is 465 g/mol. The van der Waals surface area contributed by atoms with E-state index in [1.54, 1.807) is 42.7 Å². The van der Waals surface area contributed by atoms with Gasteiger partial charge in [-0.1, -0.05) is 6.07 Å². The molecule has 1 aliphatic rings. The van der Waals surface area contributed by atoms with Crippen LogP contribution >= 0.6 is 0 Å². The van der Waals surface area contributed by atoms with Crippen molar-refractivity contribution in [2.45, 2.75) is 30.7 Å². The van der Waals surface area contributed by atoms with Crippen molar-refractivity contribution in [3.63, 3.8) is 0 Å². The van der Waals surface area contributed by atoms with Gasteiger partial charge in [0.2, 0.25) is 0 Å². The predicted octanol–water partition coefficient (Wildman–Crippen LogP) is 4.19. The lowest BCUT2D eigenvalue weighted by Crippen LogP contribution is -2.29. The summed E-state index contributed by atoms with van der Waals surface area (Å²) in [6.45, 7) is 2.41. The van der Waals surface area contributed by atoms with Gasteiger partial charge in [0.15, 0.2) is 0 Å². The molecule has 3 aromatic rings. The van der Waals surface area contributed by atoms with E-state index in [9.17, 15) is 13.2 Å². The molecule has 1 aromatic heterocycles. The van der Waals surface area contributed by atoms with Crippen LogP contribution in [-0.2, 0) is 16.6 Å². The Hall–Kier alpha value is -3.59. The lowest BCUT2D eigenvalue weighted by atomic mass is 10.1. The Morgan fingerprint density at radius 2 is 1.61 bits per heavy atom. The molecule has 2 heterocycles. The largest absolute Gasteiger partial charge is 0.372 e. The average molecular weight is 466 g/mol. The Balaban J connectivity index is 1.33. The minimum absolute atomic E-state index is 0.115. The first-order chi connectivity index (χ1) is 16.0. The quantitative estimate of drug-likeness (QED) is 0.485. The van der Waals surface area contributed by atoms with Crippen LogP contribution in [0.2, 0.25) is 0 Å². The van der Waals surface area contributed by atoms with E-state index in [2.05, 4.69) is 25.2 Å². The van der Waals surface area contributed by atoms with Gasteiger partial charge >= 0.3 is 6.03 Å². The first-order valence-electron chi connectivity index (χ1n) is 10.9. The highest BCUT2D eigenvalue weighted by atomic mass is 32.2. The van der Waals surface area contributed by atoms with Crippen molar-refractivity contribution in [3.8, 4) is 0 Å². The Bertz CT molecular complexity index is 1160. The molecule has 0 unspecified atom stereocenters. The number of hydrogen-bond acceptors (Lipinski definition) is 5. The number of amides is 2. The van der Waals surface area contributed by atoms with Gasteiger partial charge in [-0.15, -0.1) is 0 Å². The minimum atomic E-state index is -3.74. The first kappa shape index (κ1) is 22.6. The number of aromatic nitrogens is 1. The van der Waals surface area contributed by atoms with E-state index >= 15 is 0 Å². The molecule has 33 heavy (non-hydrogen) atoms. The number of hydrogen-bond donors (Lipinski definition) is 3. The van der Waals surface area contributed by atoms with Gasteiger partial charge in [0, 0.05) is 49.1 Å². The molecule has 2 aromatic carbocycles. The van der Waals surface area contributed by atoms with E-state index in [1.807, 2.05) is 18.2 Å². The van der Waals surface area contributed by atoms with E-state index in [0.29, 0.717) is 17.9 Å². The van der Waals surface area contributed by atoms with Gasteiger partial charge in [-0.05, 0) is 79.4 Å². The zero-order valence-corrected chi connectivity index (χ0v) is 19.0. The number of carbonyl (C=O) groups is 1. The fourth-order valence-electron chi connectivity index (χ4n) is 3.68. The highest BCUT2D eigenvalue weighted by Crippen LogP contribution is 2.24. The number of benzene rings is 2. The lowest BCUT2D eigenvalue weighted by molar-refractivity contribution is 0.251. The third-order valence-corrected chi connectivity index (χ3v) is 6.84. The summed E-state index contributed by atoms with van der Waals surface area (Å²) in [5.74, 6) is 0. The molecule has 0 spiro atoms. The Kier molecular flexibility index (Phi) is 7.09. The van der Waals surface area contributed by atoms with E-state index in [0.717, 1.165) is 24.3 Å². The summed E-state index contributed by atoms with van der Waals surface area (Å²) < 4.78 is 28.1. The summed E-state index contributed by atoms with van der Waals surface area (Å²) in [5.41, 5.74) is 2.98. The van der Waals surface area contributed by atoms with Crippen LogP contribution in [0.3, 0.4) is 0 Å². The summed E-state index contributed by atoms with van der Waals surface area (Å²) in [6, 6.07) is 16.7. The van der Waals surface area contributed by atoms with E-state index in [1.165, 1.54) is 31.4 Å². The second-order valence-electron chi connectivity index (χ2n) is 7.89. The van der Waals surface area contributed by atoms with Gasteiger partial charge < -0.3 is 15.5 Å². The van der Waals surface area contributed by atoms with Crippen molar-refractivity contribution in [3.05, 3.63) is 78.6 Å². The van der Waals surface area contributed by atoms with Gasteiger partial charge in [-0.3, -0.25) is 9.71 Å². The van der Waals surface area contributed by atoms with Gasteiger partial charge in [0.1, 0.15) is 0 Å². The number of rotatable bonds is 7. The van der Waals surface area contributed by atoms with Crippen LogP contribution in [0.5, 0.6) is 0 Å². The van der Waals surface area contributed by atoms with E-state index < -0.39 is 10.0 Å². The molecule has 1 fully saturated rings. The van der Waals surface area contributed by atoms with Crippen LogP contribution in [0.4, 0.5) is 21.9 Å². The van der Waals surface area contributed by atoms with Crippen LogP contribution in [0.15, 0.2) is 78.0 Å². The third kappa shape index (κ3) is 6.23. The number of urea groups is 1. The fraction of sp³-hybridized carbons (Fsp3) is 0.250. The zero-order chi connectivity index (χ0) is 23.1. The molecular formula is C24H27N5O3S. The first-order valence-corrected chi connectivity index (χ1v) is 12.4. The fourth-order valence-corrected chi connectivity index (χ4v) is 4.74. The molecule has 9 heteroatoms. The average Bonchev–Trinajstić information content (AvgIpc) is 2.84. The lowest BCUT2D eigenvalue weighted by Gasteiger charge is -2.28. The van der Waals surface area contributed by atoms with Crippen molar-refractivity contribution in [2.75, 3.05) is 28.0 Å². The number of carbonyl (C=O) groups excluding carboxylic acids is 1. The number of nitrogens with zero attached hydrogens (tertiary/aromatic N) is 2. The second-order valence-corrected chi connectivity index (χ2v) is 9.58. The Morgan fingerprint density at radius 1 is 0.909 bits per heavy atom. The number of piperidine rings is 1. The molecule has 1 aliphatic heterocycles. The number of nitrogens with one attached hydrogen (secondary N) is 3. The number of sulfonamides is 1. The van der Waals surface area contributed by atoms with Gasteiger partial charge in [-0.2, -0.15) is 0 Å². The molecule has 8 nitrogen and oxygen atoms in total. The summed E-state index contributed by atoms with van der Waals surface area (Å²) >= 11 is 0. The molecule has 0 bridgehead atoms. The van der Waals surface area contributed by atoms with Crippen LogP contribution < -0.4 is 20.3 Å². The van der Waals surface area contributed by atoms with Crippen molar-refractivity contribution in [1.82, 2.24) is 10.3 Å². The van der Waals surface area contributed by atoms with E-state index in [4.69, 9.17) is 0 Å². The standard InChI is InChI=1S/C24H27N5O3S/c30-24(26-18-19-5-4-14-25-17-19)27-20-8-12-23(13-9-20)33(31,32)28-21-6-10-22(11-7-21)29-15-2-1-3-16-29/h4-14,17,28H,1-3,15-16,18H2,(H2,26,27,30). The van der Waals surface area contributed by atoms with Crippen LogP contribution in [0.1, 0.15) is 24.8 Å². The maximum absolute atomic E-state index is 12.8. The smallest absolute Gasteiger partial charge is 0.319 e. The predicted molar refractivity (Wildman–Crippen MR) is 130 cm³/mol. The maximum atomic E-state index is 12.8. The third-order valence-electron chi connectivity index (χ3n) is 5.44. The molecule has 0 aliphatic carbocycles. The van der Waals surface area contributed by atoms with Crippen LogP contribution in [0.25, 0.3) is 0 Å². The SMILES string of the molecule is O=C(NCc1cccnc1)Nc1ccc(S(=O)(=O)Nc2ccc(N3CCCCC3)cc2)cc1. The number of pyridine rings is 1. The molecule has 0 saturated carbocycles. The van der Waals surface area contributed by atoms with Crippen molar-refractivity contribution < 1.29 is 13.2 Å². The van der Waals surface area contributed by atoms with E-state index in [-0.39, 0.29) is 10.9 Å².